The number of carbonyl (C=O) groups excluding carboxylic acids is 1. The molecule has 2 rings (SSSR count). The van der Waals surface area contributed by atoms with Gasteiger partial charge in [0.05, 0.1) is 6.20 Å². The van der Waals surface area contributed by atoms with Crippen LogP contribution in [0.1, 0.15) is 41.4 Å². The van der Waals surface area contributed by atoms with E-state index in [1.54, 1.807) is 6.92 Å². The highest BCUT2D eigenvalue weighted by atomic mass is 16.5. The molecule has 1 N–H and O–H groups in total. The van der Waals surface area contributed by atoms with Crippen LogP contribution in [0.3, 0.4) is 0 Å². The summed E-state index contributed by atoms with van der Waals surface area (Å²) in [4.78, 5) is 11.9. The summed E-state index contributed by atoms with van der Waals surface area (Å²) >= 11 is 0. The van der Waals surface area contributed by atoms with Crippen LogP contribution in [0.5, 0.6) is 0 Å². The van der Waals surface area contributed by atoms with Crippen molar-refractivity contribution in [1.29, 1.82) is 0 Å². The first-order chi connectivity index (χ1) is 8.58. The Morgan fingerprint density at radius 2 is 2.17 bits per heavy atom. The SMILES string of the molecule is Cc1cnoc1C(=O)Nc1cccc(C(C)C)c1. The Kier molecular flexibility index (Phi) is 3.46. The highest BCUT2D eigenvalue weighted by Crippen LogP contribution is 2.19. The van der Waals surface area contributed by atoms with Crippen LogP contribution >= 0.6 is 0 Å². The number of aromatic nitrogens is 1. The Morgan fingerprint density at radius 3 is 2.78 bits per heavy atom. The molecule has 18 heavy (non-hydrogen) atoms. The average Bonchev–Trinajstić information content (AvgIpc) is 2.76. The summed E-state index contributed by atoms with van der Waals surface area (Å²) in [6.45, 7) is 6.01. The van der Waals surface area contributed by atoms with Crippen molar-refractivity contribution in [2.45, 2.75) is 26.7 Å². The van der Waals surface area contributed by atoms with Crippen LogP contribution in [0.2, 0.25) is 0 Å². The second-order valence-electron chi connectivity index (χ2n) is 4.57. The third-order valence-corrected chi connectivity index (χ3v) is 2.77. The lowest BCUT2D eigenvalue weighted by molar-refractivity contribution is 0.0987. The predicted octanol–water partition coefficient (Wildman–Crippen LogP) is 3.36. The number of anilines is 1. The first-order valence-electron chi connectivity index (χ1n) is 5.90. The molecule has 0 bridgehead atoms. The maximum absolute atomic E-state index is 11.9. The Morgan fingerprint density at radius 1 is 1.39 bits per heavy atom. The second-order valence-corrected chi connectivity index (χ2v) is 4.57. The van der Waals surface area contributed by atoms with E-state index in [1.807, 2.05) is 24.3 Å². The van der Waals surface area contributed by atoms with Crippen LogP contribution in [0.15, 0.2) is 35.0 Å². The fourth-order valence-corrected chi connectivity index (χ4v) is 1.67. The summed E-state index contributed by atoms with van der Waals surface area (Å²) in [6.07, 6.45) is 1.53. The summed E-state index contributed by atoms with van der Waals surface area (Å²) in [6, 6.07) is 7.79. The lowest BCUT2D eigenvalue weighted by Crippen LogP contribution is -2.12. The van der Waals surface area contributed by atoms with Crippen LogP contribution in [0.4, 0.5) is 5.69 Å². The minimum Gasteiger partial charge on any atom is -0.351 e. The van der Waals surface area contributed by atoms with Crippen molar-refractivity contribution in [1.82, 2.24) is 5.16 Å². The van der Waals surface area contributed by atoms with Crippen LogP contribution < -0.4 is 5.32 Å². The van der Waals surface area contributed by atoms with Crippen LogP contribution in [0.25, 0.3) is 0 Å². The number of hydrogen-bond acceptors (Lipinski definition) is 3. The molecule has 1 heterocycles. The monoisotopic (exact) mass is 244 g/mol. The Labute approximate surface area is 106 Å². The fraction of sp³-hybridized carbons (Fsp3) is 0.286. The van der Waals surface area contributed by atoms with Crippen molar-refractivity contribution in [3.05, 3.63) is 47.3 Å². The number of carbonyl (C=O) groups is 1. The normalized spacial score (nSPS) is 10.7. The second kappa shape index (κ2) is 5.04. The minimum absolute atomic E-state index is 0.255. The van der Waals surface area contributed by atoms with Gasteiger partial charge in [-0.1, -0.05) is 31.1 Å². The van der Waals surface area contributed by atoms with E-state index >= 15 is 0 Å². The van der Waals surface area contributed by atoms with E-state index in [2.05, 4.69) is 24.3 Å². The predicted molar refractivity (Wildman–Crippen MR) is 69.7 cm³/mol. The Balaban J connectivity index is 2.17. The van der Waals surface area contributed by atoms with Gasteiger partial charge in [-0.3, -0.25) is 4.79 Å². The largest absolute Gasteiger partial charge is 0.351 e. The quantitative estimate of drug-likeness (QED) is 0.900. The van der Waals surface area contributed by atoms with Crippen LogP contribution in [-0.4, -0.2) is 11.1 Å². The van der Waals surface area contributed by atoms with E-state index in [9.17, 15) is 4.79 Å². The first kappa shape index (κ1) is 12.4. The van der Waals surface area contributed by atoms with E-state index in [1.165, 1.54) is 11.8 Å². The topological polar surface area (TPSA) is 55.1 Å². The molecule has 4 heteroatoms. The van der Waals surface area contributed by atoms with Gasteiger partial charge in [0.2, 0.25) is 5.76 Å². The molecular weight excluding hydrogens is 228 g/mol. The zero-order valence-corrected chi connectivity index (χ0v) is 10.7. The molecule has 0 fully saturated rings. The molecule has 4 nitrogen and oxygen atoms in total. The minimum atomic E-state index is -0.272. The van der Waals surface area contributed by atoms with E-state index in [-0.39, 0.29) is 11.7 Å². The summed E-state index contributed by atoms with van der Waals surface area (Å²) in [5.41, 5.74) is 2.68. The molecule has 0 atom stereocenters. The molecule has 2 aromatic rings. The highest BCUT2D eigenvalue weighted by Gasteiger charge is 2.14. The number of nitrogens with one attached hydrogen (secondary N) is 1. The third kappa shape index (κ3) is 2.59. The standard InChI is InChI=1S/C14H16N2O2/c1-9(2)11-5-4-6-12(7-11)16-14(17)13-10(3)8-15-18-13/h4-9H,1-3H3,(H,16,17). The lowest BCUT2D eigenvalue weighted by Gasteiger charge is -2.08. The molecule has 0 saturated carbocycles. The molecule has 0 aliphatic rings. The molecule has 1 aromatic carbocycles. The molecule has 0 radical (unpaired) electrons. The van der Waals surface area contributed by atoms with Gasteiger partial charge in [-0.25, -0.2) is 0 Å². The van der Waals surface area contributed by atoms with Gasteiger partial charge in [-0.05, 0) is 30.5 Å². The maximum Gasteiger partial charge on any atom is 0.294 e. The van der Waals surface area contributed by atoms with Gasteiger partial charge in [-0.2, -0.15) is 0 Å². The summed E-state index contributed by atoms with van der Waals surface area (Å²) in [5, 5.41) is 6.40. The number of rotatable bonds is 3. The van der Waals surface area contributed by atoms with Crippen LogP contribution in [0, 0.1) is 6.92 Å². The number of aryl methyl sites for hydroxylation is 1. The number of benzene rings is 1. The van der Waals surface area contributed by atoms with Gasteiger partial charge in [0.15, 0.2) is 0 Å². The molecule has 1 aromatic heterocycles. The molecule has 0 unspecified atom stereocenters. The molecule has 0 aliphatic heterocycles. The summed E-state index contributed by atoms with van der Waals surface area (Å²) in [5.74, 6) is 0.407. The number of hydrogen-bond donors (Lipinski definition) is 1. The molecule has 1 amide bonds. The van der Waals surface area contributed by atoms with Gasteiger partial charge in [0.1, 0.15) is 0 Å². The van der Waals surface area contributed by atoms with E-state index in [4.69, 9.17) is 4.52 Å². The van der Waals surface area contributed by atoms with Gasteiger partial charge >= 0.3 is 0 Å². The smallest absolute Gasteiger partial charge is 0.294 e. The molecular formula is C14H16N2O2. The van der Waals surface area contributed by atoms with Crippen molar-refractivity contribution >= 4 is 11.6 Å². The van der Waals surface area contributed by atoms with Gasteiger partial charge < -0.3 is 9.84 Å². The van der Waals surface area contributed by atoms with Gasteiger partial charge in [0, 0.05) is 11.3 Å². The van der Waals surface area contributed by atoms with Gasteiger partial charge in [-0.15, -0.1) is 0 Å². The summed E-state index contributed by atoms with van der Waals surface area (Å²) < 4.78 is 4.91. The van der Waals surface area contributed by atoms with E-state index < -0.39 is 0 Å². The molecule has 0 aliphatic carbocycles. The number of nitrogens with zero attached hydrogens (tertiary/aromatic N) is 1. The fourth-order valence-electron chi connectivity index (χ4n) is 1.67. The highest BCUT2D eigenvalue weighted by molar-refractivity contribution is 6.03. The Bertz CT molecular complexity index is 558. The lowest BCUT2D eigenvalue weighted by atomic mass is 10.0. The number of amides is 1. The maximum atomic E-state index is 11.9. The third-order valence-electron chi connectivity index (χ3n) is 2.77. The van der Waals surface area contributed by atoms with Crippen molar-refractivity contribution in [2.24, 2.45) is 0 Å². The Hall–Kier alpha value is -2.10. The first-order valence-corrected chi connectivity index (χ1v) is 5.90. The van der Waals surface area contributed by atoms with Crippen molar-refractivity contribution in [2.75, 3.05) is 5.32 Å². The zero-order chi connectivity index (χ0) is 13.1. The summed E-state index contributed by atoms with van der Waals surface area (Å²) in [7, 11) is 0. The zero-order valence-electron chi connectivity index (χ0n) is 10.7. The molecule has 0 saturated heterocycles. The van der Waals surface area contributed by atoms with Crippen molar-refractivity contribution < 1.29 is 9.32 Å². The molecule has 94 valence electrons. The molecule has 0 spiro atoms. The van der Waals surface area contributed by atoms with Crippen molar-refractivity contribution in [3.8, 4) is 0 Å². The average molecular weight is 244 g/mol. The van der Waals surface area contributed by atoms with Gasteiger partial charge in [0.25, 0.3) is 5.91 Å². The van der Waals surface area contributed by atoms with E-state index in [0.717, 1.165) is 11.3 Å². The van der Waals surface area contributed by atoms with Crippen LogP contribution in [-0.2, 0) is 0 Å². The van der Waals surface area contributed by atoms with E-state index in [0.29, 0.717) is 5.92 Å². The van der Waals surface area contributed by atoms with Crippen molar-refractivity contribution in [3.63, 3.8) is 0 Å².